The summed E-state index contributed by atoms with van der Waals surface area (Å²) in [7, 11) is 0. The molecule has 2 aromatic rings. The standard InChI is InChI=1S/C18H22O2/c1-13(19)16-10-5-6-11-17(16)20-15-9-7-8-14(12-15)18(2,3)4/h5-13,19H,1-4H3. The minimum Gasteiger partial charge on any atom is -0.457 e. The van der Waals surface area contributed by atoms with Crippen molar-refractivity contribution in [2.75, 3.05) is 0 Å². The molecule has 2 rings (SSSR count). The normalized spacial score (nSPS) is 13.1. The highest BCUT2D eigenvalue weighted by molar-refractivity contribution is 5.40. The van der Waals surface area contributed by atoms with E-state index in [0.717, 1.165) is 11.3 Å². The number of para-hydroxylation sites is 1. The molecule has 0 saturated carbocycles. The minimum atomic E-state index is -0.544. The van der Waals surface area contributed by atoms with Crippen molar-refractivity contribution in [1.82, 2.24) is 0 Å². The molecule has 0 spiro atoms. The van der Waals surface area contributed by atoms with Crippen LogP contribution in [-0.2, 0) is 5.41 Å². The second kappa shape index (κ2) is 5.68. The van der Waals surface area contributed by atoms with E-state index in [1.165, 1.54) is 5.56 Å². The molecule has 1 unspecified atom stereocenters. The summed E-state index contributed by atoms with van der Waals surface area (Å²) in [5.41, 5.74) is 2.11. The zero-order valence-electron chi connectivity index (χ0n) is 12.6. The third-order valence-electron chi connectivity index (χ3n) is 3.30. The molecule has 2 heteroatoms. The molecule has 1 atom stereocenters. The predicted octanol–water partition coefficient (Wildman–Crippen LogP) is 4.83. The summed E-state index contributed by atoms with van der Waals surface area (Å²) in [5.74, 6) is 1.50. The lowest BCUT2D eigenvalue weighted by molar-refractivity contribution is 0.195. The molecule has 0 radical (unpaired) electrons. The van der Waals surface area contributed by atoms with Crippen LogP contribution in [0.3, 0.4) is 0 Å². The Bertz CT molecular complexity index is 580. The van der Waals surface area contributed by atoms with Crippen LogP contribution < -0.4 is 4.74 Å². The molecule has 0 aromatic heterocycles. The Labute approximate surface area is 121 Å². The maximum Gasteiger partial charge on any atom is 0.133 e. The molecule has 0 amide bonds. The lowest BCUT2D eigenvalue weighted by Crippen LogP contribution is -2.10. The molecule has 106 valence electrons. The zero-order chi connectivity index (χ0) is 14.8. The summed E-state index contributed by atoms with van der Waals surface area (Å²) < 4.78 is 5.95. The second-order valence-corrected chi connectivity index (χ2v) is 6.09. The van der Waals surface area contributed by atoms with Crippen LogP contribution in [-0.4, -0.2) is 5.11 Å². The van der Waals surface area contributed by atoms with Crippen molar-refractivity contribution in [2.45, 2.75) is 39.2 Å². The largest absolute Gasteiger partial charge is 0.457 e. The van der Waals surface area contributed by atoms with Crippen molar-refractivity contribution < 1.29 is 9.84 Å². The maximum atomic E-state index is 9.79. The predicted molar refractivity (Wildman–Crippen MR) is 82.3 cm³/mol. The van der Waals surface area contributed by atoms with Crippen LogP contribution in [0, 0.1) is 0 Å². The van der Waals surface area contributed by atoms with Crippen molar-refractivity contribution in [1.29, 1.82) is 0 Å². The van der Waals surface area contributed by atoms with Crippen molar-refractivity contribution in [3.05, 3.63) is 59.7 Å². The summed E-state index contributed by atoms with van der Waals surface area (Å²) in [6.45, 7) is 8.27. The van der Waals surface area contributed by atoms with Gasteiger partial charge >= 0.3 is 0 Å². The molecule has 0 aliphatic carbocycles. The van der Waals surface area contributed by atoms with E-state index in [0.29, 0.717) is 5.75 Å². The van der Waals surface area contributed by atoms with Gasteiger partial charge in [-0.1, -0.05) is 51.1 Å². The summed E-state index contributed by atoms with van der Waals surface area (Å²) in [5, 5.41) is 9.79. The molecular formula is C18H22O2. The molecule has 0 heterocycles. The zero-order valence-corrected chi connectivity index (χ0v) is 12.6. The first-order valence-corrected chi connectivity index (χ1v) is 6.93. The molecule has 0 aliphatic heterocycles. The van der Waals surface area contributed by atoms with Crippen LogP contribution in [0.25, 0.3) is 0 Å². The summed E-state index contributed by atoms with van der Waals surface area (Å²) in [6, 6.07) is 15.7. The van der Waals surface area contributed by atoms with Crippen LogP contribution in [0.4, 0.5) is 0 Å². The summed E-state index contributed by atoms with van der Waals surface area (Å²) >= 11 is 0. The van der Waals surface area contributed by atoms with Crippen molar-refractivity contribution in [3.63, 3.8) is 0 Å². The monoisotopic (exact) mass is 270 g/mol. The third kappa shape index (κ3) is 3.40. The SMILES string of the molecule is CC(O)c1ccccc1Oc1cccc(C(C)(C)C)c1. The van der Waals surface area contributed by atoms with Crippen LogP contribution in [0.1, 0.15) is 44.9 Å². The molecule has 2 aromatic carbocycles. The number of rotatable bonds is 3. The smallest absolute Gasteiger partial charge is 0.133 e. The van der Waals surface area contributed by atoms with Gasteiger partial charge in [-0.15, -0.1) is 0 Å². The quantitative estimate of drug-likeness (QED) is 0.865. The topological polar surface area (TPSA) is 29.5 Å². The van der Waals surface area contributed by atoms with E-state index < -0.39 is 6.10 Å². The van der Waals surface area contributed by atoms with E-state index in [2.05, 4.69) is 32.9 Å². The average Bonchev–Trinajstić information content (AvgIpc) is 2.38. The van der Waals surface area contributed by atoms with Gasteiger partial charge in [0.1, 0.15) is 11.5 Å². The van der Waals surface area contributed by atoms with Gasteiger partial charge < -0.3 is 9.84 Å². The first-order valence-electron chi connectivity index (χ1n) is 6.93. The van der Waals surface area contributed by atoms with Crippen molar-refractivity contribution >= 4 is 0 Å². The Morgan fingerprint density at radius 2 is 1.70 bits per heavy atom. The van der Waals surface area contributed by atoms with Gasteiger partial charge in [-0.2, -0.15) is 0 Å². The van der Waals surface area contributed by atoms with E-state index >= 15 is 0 Å². The van der Waals surface area contributed by atoms with Crippen molar-refractivity contribution in [3.8, 4) is 11.5 Å². The summed E-state index contributed by atoms with van der Waals surface area (Å²) in [4.78, 5) is 0. The highest BCUT2D eigenvalue weighted by Gasteiger charge is 2.15. The fourth-order valence-electron chi connectivity index (χ4n) is 2.07. The van der Waals surface area contributed by atoms with Crippen LogP contribution in [0.15, 0.2) is 48.5 Å². The first-order chi connectivity index (χ1) is 9.38. The number of hydrogen-bond donors (Lipinski definition) is 1. The van der Waals surface area contributed by atoms with Crippen LogP contribution in [0.5, 0.6) is 11.5 Å². The highest BCUT2D eigenvalue weighted by atomic mass is 16.5. The van der Waals surface area contributed by atoms with Crippen molar-refractivity contribution in [2.24, 2.45) is 0 Å². The van der Waals surface area contributed by atoms with Crippen LogP contribution >= 0.6 is 0 Å². The molecular weight excluding hydrogens is 248 g/mol. The highest BCUT2D eigenvalue weighted by Crippen LogP contribution is 2.31. The Hall–Kier alpha value is -1.80. The number of aliphatic hydroxyl groups is 1. The number of ether oxygens (including phenoxy) is 1. The van der Waals surface area contributed by atoms with Gasteiger partial charge in [-0.25, -0.2) is 0 Å². The van der Waals surface area contributed by atoms with Crippen LogP contribution in [0.2, 0.25) is 0 Å². The minimum absolute atomic E-state index is 0.0865. The van der Waals surface area contributed by atoms with Gasteiger partial charge in [0.2, 0.25) is 0 Å². The van der Waals surface area contributed by atoms with E-state index in [1.807, 2.05) is 36.4 Å². The van der Waals surface area contributed by atoms with Gasteiger partial charge in [0.25, 0.3) is 0 Å². The molecule has 1 N–H and O–H groups in total. The average molecular weight is 270 g/mol. The molecule has 0 fully saturated rings. The fraction of sp³-hybridized carbons (Fsp3) is 0.333. The molecule has 0 bridgehead atoms. The lowest BCUT2D eigenvalue weighted by atomic mass is 9.87. The van der Waals surface area contributed by atoms with Gasteiger partial charge in [0, 0.05) is 5.56 Å². The Kier molecular flexibility index (Phi) is 4.15. The number of hydrogen-bond acceptors (Lipinski definition) is 2. The van der Waals surface area contributed by atoms with E-state index in [9.17, 15) is 5.11 Å². The Morgan fingerprint density at radius 3 is 2.35 bits per heavy atom. The molecule has 0 aliphatic rings. The van der Waals surface area contributed by atoms with E-state index in [1.54, 1.807) is 6.92 Å². The van der Waals surface area contributed by atoms with Gasteiger partial charge in [-0.3, -0.25) is 0 Å². The lowest BCUT2D eigenvalue weighted by Gasteiger charge is -2.20. The molecule has 0 saturated heterocycles. The van der Waals surface area contributed by atoms with Gasteiger partial charge in [-0.05, 0) is 36.1 Å². The number of aliphatic hydroxyl groups excluding tert-OH is 1. The van der Waals surface area contributed by atoms with E-state index in [4.69, 9.17) is 4.74 Å². The number of benzene rings is 2. The summed E-state index contributed by atoms with van der Waals surface area (Å²) in [6.07, 6.45) is -0.544. The Morgan fingerprint density at radius 1 is 1.00 bits per heavy atom. The second-order valence-electron chi connectivity index (χ2n) is 6.09. The van der Waals surface area contributed by atoms with E-state index in [-0.39, 0.29) is 5.41 Å². The van der Waals surface area contributed by atoms with Gasteiger partial charge in [0.15, 0.2) is 0 Å². The third-order valence-corrected chi connectivity index (χ3v) is 3.30. The Balaban J connectivity index is 2.31. The maximum absolute atomic E-state index is 9.79. The molecule has 2 nitrogen and oxygen atoms in total. The first kappa shape index (κ1) is 14.6. The van der Waals surface area contributed by atoms with Gasteiger partial charge in [0.05, 0.1) is 6.10 Å². The molecule has 20 heavy (non-hydrogen) atoms. The fourth-order valence-corrected chi connectivity index (χ4v) is 2.07.